The third-order valence-corrected chi connectivity index (χ3v) is 3.13. The molecule has 0 saturated carbocycles. The maximum Gasteiger partial charge on any atom is 0.321 e. The number of nitrogens with one attached hydrogen (secondary N) is 1. The third-order valence-electron chi connectivity index (χ3n) is 3.13. The average Bonchev–Trinajstić information content (AvgIpc) is 2.47. The Morgan fingerprint density at radius 3 is 2.43 bits per heavy atom. The maximum absolute atomic E-state index is 5.71. The first-order valence-electron chi connectivity index (χ1n) is 7.36. The molecule has 0 bridgehead atoms. The van der Waals surface area contributed by atoms with Crippen molar-refractivity contribution in [2.75, 3.05) is 0 Å². The van der Waals surface area contributed by atoms with E-state index >= 15 is 0 Å². The Morgan fingerprint density at radius 1 is 1.10 bits per heavy atom. The Kier molecular flexibility index (Phi) is 5.28. The zero-order valence-electron chi connectivity index (χ0n) is 13.1. The molecule has 0 spiro atoms. The van der Waals surface area contributed by atoms with Crippen LogP contribution in [0, 0.1) is 0 Å². The lowest BCUT2D eigenvalue weighted by Gasteiger charge is -2.09. The van der Waals surface area contributed by atoms with Gasteiger partial charge in [-0.2, -0.15) is 0 Å². The molecule has 0 saturated heterocycles. The van der Waals surface area contributed by atoms with Gasteiger partial charge in [-0.1, -0.05) is 39.8 Å². The van der Waals surface area contributed by atoms with Gasteiger partial charge in [0.05, 0.1) is 0 Å². The van der Waals surface area contributed by atoms with E-state index in [-0.39, 0.29) is 0 Å². The lowest BCUT2D eigenvalue weighted by atomic mass is 10.0. The summed E-state index contributed by atoms with van der Waals surface area (Å²) in [4.78, 5) is 8.51. The molecule has 1 N–H and O–H groups in total. The Morgan fingerprint density at radius 2 is 1.81 bits per heavy atom. The van der Waals surface area contributed by atoms with E-state index in [9.17, 15) is 0 Å². The number of benzene rings is 1. The molecule has 2 aromatic rings. The highest BCUT2D eigenvalue weighted by Gasteiger charge is 2.04. The standard InChI is InChI=1S/C17H23N3O/c1-12(2)15-6-5-7-16(8-15)21-17-19-10-14(11-20-17)9-18-13(3)4/h5-8,10-13,18H,9H2,1-4H3. The minimum absolute atomic E-state index is 0.379. The second kappa shape index (κ2) is 7.18. The van der Waals surface area contributed by atoms with E-state index in [1.54, 1.807) is 12.4 Å². The van der Waals surface area contributed by atoms with Crippen molar-refractivity contribution in [2.24, 2.45) is 0 Å². The zero-order chi connectivity index (χ0) is 15.2. The van der Waals surface area contributed by atoms with Crippen molar-refractivity contribution in [1.29, 1.82) is 0 Å². The lowest BCUT2D eigenvalue weighted by molar-refractivity contribution is 0.439. The Balaban J connectivity index is 2.01. The van der Waals surface area contributed by atoms with Crippen LogP contribution >= 0.6 is 0 Å². The molecule has 2 rings (SSSR count). The van der Waals surface area contributed by atoms with Crippen molar-refractivity contribution in [3.05, 3.63) is 47.8 Å². The van der Waals surface area contributed by atoms with Crippen molar-refractivity contribution in [1.82, 2.24) is 15.3 Å². The van der Waals surface area contributed by atoms with Gasteiger partial charge in [0.2, 0.25) is 0 Å². The summed E-state index contributed by atoms with van der Waals surface area (Å²) in [5.41, 5.74) is 2.29. The molecule has 0 radical (unpaired) electrons. The van der Waals surface area contributed by atoms with Crippen LogP contribution in [0.4, 0.5) is 0 Å². The molecule has 4 nitrogen and oxygen atoms in total. The zero-order valence-corrected chi connectivity index (χ0v) is 13.1. The smallest absolute Gasteiger partial charge is 0.321 e. The fourth-order valence-corrected chi connectivity index (χ4v) is 1.85. The molecule has 0 atom stereocenters. The Bertz CT molecular complexity index is 565. The molecule has 0 fully saturated rings. The van der Waals surface area contributed by atoms with Crippen LogP contribution in [-0.4, -0.2) is 16.0 Å². The van der Waals surface area contributed by atoms with E-state index in [0.717, 1.165) is 17.9 Å². The molecule has 0 amide bonds. The highest BCUT2D eigenvalue weighted by atomic mass is 16.5. The van der Waals surface area contributed by atoms with E-state index in [2.05, 4.69) is 49.0 Å². The number of ether oxygens (including phenoxy) is 1. The Labute approximate surface area is 126 Å². The number of hydrogen-bond donors (Lipinski definition) is 1. The average molecular weight is 285 g/mol. The number of hydrogen-bond acceptors (Lipinski definition) is 4. The summed E-state index contributed by atoms with van der Waals surface area (Å²) in [6.07, 6.45) is 3.59. The molecule has 1 aromatic heterocycles. The summed E-state index contributed by atoms with van der Waals surface area (Å²) in [6.45, 7) is 9.30. The quantitative estimate of drug-likeness (QED) is 0.874. The van der Waals surface area contributed by atoms with Crippen molar-refractivity contribution in [3.63, 3.8) is 0 Å². The maximum atomic E-state index is 5.71. The van der Waals surface area contributed by atoms with Gasteiger partial charge in [-0.05, 0) is 23.6 Å². The molecule has 1 heterocycles. The van der Waals surface area contributed by atoms with Gasteiger partial charge < -0.3 is 10.1 Å². The number of rotatable bonds is 6. The van der Waals surface area contributed by atoms with Crippen LogP contribution in [0.2, 0.25) is 0 Å². The van der Waals surface area contributed by atoms with Gasteiger partial charge in [-0.3, -0.25) is 0 Å². The highest BCUT2D eigenvalue weighted by Crippen LogP contribution is 2.23. The molecule has 0 aliphatic rings. The monoisotopic (exact) mass is 285 g/mol. The SMILES string of the molecule is CC(C)NCc1cnc(Oc2cccc(C(C)C)c2)nc1. The minimum atomic E-state index is 0.379. The second-order valence-electron chi connectivity index (χ2n) is 5.74. The second-order valence-corrected chi connectivity index (χ2v) is 5.74. The predicted octanol–water partition coefficient (Wildman–Crippen LogP) is 3.89. The fourth-order valence-electron chi connectivity index (χ4n) is 1.85. The molecule has 112 valence electrons. The molecular formula is C17H23N3O. The number of aromatic nitrogens is 2. The predicted molar refractivity (Wildman–Crippen MR) is 84.6 cm³/mol. The van der Waals surface area contributed by atoms with Crippen molar-refractivity contribution < 1.29 is 4.74 Å². The van der Waals surface area contributed by atoms with E-state index in [0.29, 0.717) is 18.0 Å². The molecule has 4 heteroatoms. The minimum Gasteiger partial charge on any atom is -0.424 e. The van der Waals surface area contributed by atoms with Crippen LogP contribution in [0.15, 0.2) is 36.7 Å². The molecule has 0 aliphatic heterocycles. The van der Waals surface area contributed by atoms with Crippen LogP contribution in [-0.2, 0) is 6.54 Å². The van der Waals surface area contributed by atoms with Gasteiger partial charge in [0.25, 0.3) is 0 Å². The van der Waals surface area contributed by atoms with Gasteiger partial charge in [0, 0.05) is 30.5 Å². The normalized spacial score (nSPS) is 11.1. The van der Waals surface area contributed by atoms with Crippen LogP contribution in [0.3, 0.4) is 0 Å². The van der Waals surface area contributed by atoms with E-state index in [1.165, 1.54) is 5.56 Å². The first kappa shape index (κ1) is 15.4. The lowest BCUT2D eigenvalue weighted by Crippen LogP contribution is -2.21. The summed E-state index contributed by atoms with van der Waals surface area (Å²) >= 11 is 0. The van der Waals surface area contributed by atoms with Crippen molar-refractivity contribution in [3.8, 4) is 11.8 Å². The van der Waals surface area contributed by atoms with Gasteiger partial charge in [-0.25, -0.2) is 9.97 Å². The van der Waals surface area contributed by atoms with Crippen LogP contribution in [0.25, 0.3) is 0 Å². The molecule has 1 aromatic carbocycles. The van der Waals surface area contributed by atoms with Gasteiger partial charge in [0.15, 0.2) is 0 Å². The molecule has 21 heavy (non-hydrogen) atoms. The summed E-state index contributed by atoms with van der Waals surface area (Å²) < 4.78 is 5.71. The van der Waals surface area contributed by atoms with Gasteiger partial charge >= 0.3 is 6.01 Å². The molecule has 0 unspecified atom stereocenters. The molecule has 0 aliphatic carbocycles. The molecular weight excluding hydrogens is 262 g/mol. The van der Waals surface area contributed by atoms with Gasteiger partial charge in [-0.15, -0.1) is 0 Å². The van der Waals surface area contributed by atoms with Crippen LogP contribution in [0.5, 0.6) is 11.8 Å². The largest absolute Gasteiger partial charge is 0.424 e. The van der Waals surface area contributed by atoms with E-state index < -0.39 is 0 Å². The van der Waals surface area contributed by atoms with E-state index in [1.807, 2.05) is 18.2 Å². The summed E-state index contributed by atoms with van der Waals surface area (Å²) in [7, 11) is 0. The first-order valence-corrected chi connectivity index (χ1v) is 7.36. The summed E-state index contributed by atoms with van der Waals surface area (Å²) in [5, 5.41) is 3.33. The summed E-state index contributed by atoms with van der Waals surface area (Å²) in [5.74, 6) is 1.24. The van der Waals surface area contributed by atoms with Crippen LogP contribution in [0.1, 0.15) is 44.7 Å². The highest BCUT2D eigenvalue weighted by molar-refractivity contribution is 5.32. The first-order chi connectivity index (χ1) is 10.0. The van der Waals surface area contributed by atoms with E-state index in [4.69, 9.17) is 4.74 Å². The topological polar surface area (TPSA) is 47.0 Å². The van der Waals surface area contributed by atoms with Crippen molar-refractivity contribution in [2.45, 2.75) is 46.2 Å². The third kappa shape index (κ3) is 4.83. The fraction of sp³-hybridized carbons (Fsp3) is 0.412. The number of nitrogens with zero attached hydrogens (tertiary/aromatic N) is 2. The van der Waals surface area contributed by atoms with Crippen LogP contribution < -0.4 is 10.1 Å². The summed E-state index contributed by atoms with van der Waals surface area (Å²) in [6, 6.07) is 8.86. The Hall–Kier alpha value is -1.94. The van der Waals surface area contributed by atoms with Crippen molar-refractivity contribution >= 4 is 0 Å². The van der Waals surface area contributed by atoms with Gasteiger partial charge in [0.1, 0.15) is 5.75 Å².